The van der Waals surface area contributed by atoms with Crippen molar-refractivity contribution in [2.45, 2.75) is 3.79 Å². The molecular formula is C5H4Cl3N3O2S. The van der Waals surface area contributed by atoms with Crippen LogP contribution in [0, 0.1) is 0 Å². The summed E-state index contributed by atoms with van der Waals surface area (Å²) in [6.07, 6.45) is 0. The number of nitrogens with two attached hydrogens (primary N) is 1. The van der Waals surface area contributed by atoms with Crippen LogP contribution in [0.15, 0.2) is 0 Å². The van der Waals surface area contributed by atoms with Gasteiger partial charge in [-0.1, -0.05) is 34.8 Å². The van der Waals surface area contributed by atoms with E-state index >= 15 is 0 Å². The third kappa shape index (κ3) is 3.45. The molecular weight excluding hydrogens is 272 g/mol. The minimum absolute atomic E-state index is 0.00645. The number of hydrogen-bond acceptors (Lipinski definition) is 5. The third-order valence-corrected chi connectivity index (χ3v) is 2.14. The molecule has 1 aromatic heterocycles. The molecule has 0 aliphatic carbocycles. The highest BCUT2D eigenvalue weighted by Gasteiger charge is 2.28. The van der Waals surface area contributed by atoms with Gasteiger partial charge >= 0.3 is 0 Å². The molecule has 9 heteroatoms. The van der Waals surface area contributed by atoms with Crippen molar-refractivity contribution < 1.29 is 9.53 Å². The Morgan fingerprint density at radius 1 is 1.57 bits per heavy atom. The van der Waals surface area contributed by atoms with Crippen LogP contribution in [0.3, 0.4) is 0 Å². The smallest absolute Gasteiger partial charge is 0.293 e. The summed E-state index contributed by atoms with van der Waals surface area (Å²) in [5, 5.41) is 0.130. The molecule has 0 aliphatic rings. The van der Waals surface area contributed by atoms with Crippen LogP contribution in [0.25, 0.3) is 0 Å². The first-order chi connectivity index (χ1) is 6.39. The van der Waals surface area contributed by atoms with Gasteiger partial charge in [-0.05, 0) is 0 Å². The quantitative estimate of drug-likeness (QED) is 0.842. The monoisotopic (exact) mass is 275 g/mol. The van der Waals surface area contributed by atoms with E-state index in [4.69, 9.17) is 45.3 Å². The summed E-state index contributed by atoms with van der Waals surface area (Å²) in [5.74, 6) is -0.609. The van der Waals surface area contributed by atoms with E-state index in [1.165, 1.54) is 0 Å². The molecule has 0 atom stereocenters. The summed E-state index contributed by atoms with van der Waals surface area (Å²) >= 11 is 17.4. The number of aromatic nitrogens is 2. The lowest BCUT2D eigenvalue weighted by atomic mass is 10.7. The Morgan fingerprint density at radius 2 is 2.21 bits per heavy atom. The van der Waals surface area contributed by atoms with Crippen molar-refractivity contribution >= 4 is 52.2 Å². The Kier molecular flexibility index (Phi) is 3.77. The fraction of sp³-hybridized carbons (Fsp3) is 0.400. The predicted octanol–water partition coefficient (Wildman–Crippen LogP) is 1.23. The SMILES string of the molecule is NC(=O)COc1nc(C(Cl)(Cl)Cl)ns1. The van der Waals surface area contributed by atoms with Crippen molar-refractivity contribution in [3.05, 3.63) is 5.82 Å². The van der Waals surface area contributed by atoms with Crippen LogP contribution in [0.2, 0.25) is 0 Å². The van der Waals surface area contributed by atoms with Crippen LogP contribution >= 0.6 is 46.3 Å². The van der Waals surface area contributed by atoms with Gasteiger partial charge in [0.25, 0.3) is 14.9 Å². The van der Waals surface area contributed by atoms with E-state index in [2.05, 4.69) is 9.36 Å². The Hall–Kier alpha value is -0.300. The highest BCUT2D eigenvalue weighted by atomic mass is 35.6. The van der Waals surface area contributed by atoms with Crippen molar-refractivity contribution in [1.29, 1.82) is 0 Å². The molecule has 0 fully saturated rings. The summed E-state index contributed by atoms with van der Waals surface area (Å²) in [6.45, 7) is -0.283. The number of amides is 1. The molecule has 14 heavy (non-hydrogen) atoms. The van der Waals surface area contributed by atoms with Gasteiger partial charge in [0.05, 0.1) is 0 Å². The van der Waals surface area contributed by atoms with Gasteiger partial charge in [-0.2, -0.15) is 9.36 Å². The number of carbonyl (C=O) groups is 1. The molecule has 0 radical (unpaired) electrons. The van der Waals surface area contributed by atoms with Crippen LogP contribution in [-0.4, -0.2) is 21.9 Å². The van der Waals surface area contributed by atoms with Gasteiger partial charge in [-0.25, -0.2) is 0 Å². The molecule has 1 heterocycles. The number of primary amides is 1. The average Bonchev–Trinajstić information content (AvgIpc) is 2.47. The molecule has 1 aromatic rings. The van der Waals surface area contributed by atoms with Gasteiger partial charge < -0.3 is 10.5 Å². The van der Waals surface area contributed by atoms with Crippen LogP contribution in [0.4, 0.5) is 0 Å². The molecule has 1 amide bonds. The zero-order chi connectivity index (χ0) is 10.8. The minimum Gasteiger partial charge on any atom is -0.459 e. The summed E-state index contributed by atoms with van der Waals surface area (Å²) in [4.78, 5) is 14.1. The molecule has 1 rings (SSSR count). The van der Waals surface area contributed by atoms with Gasteiger partial charge in [-0.15, -0.1) is 0 Å². The number of carbonyl (C=O) groups excluding carboxylic acids is 1. The van der Waals surface area contributed by atoms with E-state index in [0.29, 0.717) is 0 Å². The first-order valence-electron chi connectivity index (χ1n) is 3.21. The number of nitrogens with zero attached hydrogens (tertiary/aromatic N) is 2. The molecule has 0 aromatic carbocycles. The highest BCUT2D eigenvalue weighted by Crippen LogP contribution is 2.37. The Morgan fingerprint density at radius 3 is 2.64 bits per heavy atom. The molecule has 0 spiro atoms. The van der Waals surface area contributed by atoms with Gasteiger partial charge in [0.15, 0.2) is 12.4 Å². The summed E-state index contributed by atoms with van der Waals surface area (Å²) < 4.78 is 6.87. The van der Waals surface area contributed by atoms with Crippen molar-refractivity contribution in [2.75, 3.05) is 6.61 Å². The van der Waals surface area contributed by atoms with Crippen molar-refractivity contribution in [3.63, 3.8) is 0 Å². The summed E-state index contributed by atoms with van der Waals surface area (Å²) in [5.41, 5.74) is 4.85. The van der Waals surface area contributed by atoms with Crippen molar-refractivity contribution in [2.24, 2.45) is 5.73 Å². The maximum atomic E-state index is 10.4. The summed E-state index contributed by atoms with van der Waals surface area (Å²) in [6, 6.07) is 0. The Bertz CT molecular complexity index is 337. The maximum absolute atomic E-state index is 10.4. The third-order valence-electron chi connectivity index (χ3n) is 0.999. The van der Waals surface area contributed by atoms with Crippen LogP contribution in [0.5, 0.6) is 5.19 Å². The number of rotatable bonds is 3. The molecule has 5 nitrogen and oxygen atoms in total. The van der Waals surface area contributed by atoms with Gasteiger partial charge in [0.2, 0.25) is 0 Å². The number of hydrogen-bond donors (Lipinski definition) is 1. The Labute approximate surface area is 98.3 Å². The van der Waals surface area contributed by atoms with E-state index in [-0.39, 0.29) is 17.6 Å². The van der Waals surface area contributed by atoms with E-state index in [1.807, 2.05) is 0 Å². The summed E-state index contributed by atoms with van der Waals surface area (Å²) in [7, 11) is 0. The maximum Gasteiger partial charge on any atom is 0.293 e. The zero-order valence-corrected chi connectivity index (χ0v) is 9.62. The predicted molar refractivity (Wildman–Crippen MR) is 53.8 cm³/mol. The average molecular weight is 277 g/mol. The van der Waals surface area contributed by atoms with Gasteiger partial charge in [-0.3, -0.25) is 4.79 Å². The van der Waals surface area contributed by atoms with Crippen molar-refractivity contribution in [3.8, 4) is 5.19 Å². The molecule has 2 N–H and O–H groups in total. The first kappa shape index (κ1) is 11.8. The largest absolute Gasteiger partial charge is 0.459 e. The molecule has 0 bridgehead atoms. The molecule has 0 saturated carbocycles. The second-order valence-electron chi connectivity index (χ2n) is 2.14. The molecule has 78 valence electrons. The van der Waals surface area contributed by atoms with E-state index in [1.54, 1.807) is 0 Å². The van der Waals surface area contributed by atoms with Crippen LogP contribution < -0.4 is 10.5 Å². The zero-order valence-electron chi connectivity index (χ0n) is 6.54. The second-order valence-corrected chi connectivity index (χ2v) is 5.13. The van der Waals surface area contributed by atoms with Gasteiger partial charge in [0.1, 0.15) is 0 Å². The second kappa shape index (κ2) is 4.48. The standard InChI is InChI=1S/C5H4Cl3N3O2S/c6-5(7,8)3-10-4(14-11-3)13-1-2(9)12/h1H2,(H2,9,12). The molecule has 0 unspecified atom stereocenters. The van der Waals surface area contributed by atoms with E-state index < -0.39 is 9.70 Å². The van der Waals surface area contributed by atoms with E-state index in [0.717, 1.165) is 11.5 Å². The van der Waals surface area contributed by atoms with Gasteiger partial charge in [0, 0.05) is 11.5 Å². The molecule has 0 saturated heterocycles. The lowest BCUT2D eigenvalue weighted by molar-refractivity contribution is -0.119. The lowest BCUT2D eigenvalue weighted by Crippen LogP contribution is -2.20. The fourth-order valence-electron chi connectivity index (χ4n) is 0.516. The topological polar surface area (TPSA) is 78.1 Å². The highest BCUT2D eigenvalue weighted by molar-refractivity contribution is 7.07. The molecule has 0 aliphatic heterocycles. The van der Waals surface area contributed by atoms with Crippen LogP contribution in [0.1, 0.15) is 5.82 Å². The first-order valence-corrected chi connectivity index (χ1v) is 5.12. The number of alkyl halides is 3. The normalized spacial score (nSPS) is 11.4. The Balaban J connectivity index is 2.64. The lowest BCUT2D eigenvalue weighted by Gasteiger charge is -2.03. The number of halogens is 3. The van der Waals surface area contributed by atoms with Crippen LogP contribution in [-0.2, 0) is 8.59 Å². The number of ether oxygens (including phenoxy) is 1. The van der Waals surface area contributed by atoms with Crippen molar-refractivity contribution in [1.82, 2.24) is 9.36 Å². The van der Waals surface area contributed by atoms with E-state index in [9.17, 15) is 4.79 Å². The fourth-order valence-corrected chi connectivity index (χ4v) is 1.50. The minimum atomic E-state index is -1.69.